The van der Waals surface area contributed by atoms with Crippen LogP contribution in [0.5, 0.6) is 11.6 Å². The summed E-state index contributed by atoms with van der Waals surface area (Å²) in [5.74, 6) is 1.24. The number of rotatable bonds is 11. The van der Waals surface area contributed by atoms with E-state index in [1.807, 2.05) is 18.2 Å². The Labute approximate surface area is 181 Å². The number of nitrogens with zero attached hydrogens (tertiary/aromatic N) is 1. The number of aliphatic hydroxyl groups excluding tert-OH is 1. The van der Waals surface area contributed by atoms with Crippen LogP contribution in [0, 0.1) is 0 Å². The number of anilines is 1. The quantitative estimate of drug-likeness (QED) is 0.332. The van der Waals surface area contributed by atoms with Gasteiger partial charge in [0.15, 0.2) is 0 Å². The lowest BCUT2D eigenvalue weighted by atomic mass is 10.1. The Morgan fingerprint density at radius 1 is 1.19 bits per heavy atom. The zero-order valence-electron chi connectivity index (χ0n) is 17.8. The second kappa shape index (κ2) is 9.99. The van der Waals surface area contributed by atoms with Crippen LogP contribution < -0.4 is 19.5 Å². The van der Waals surface area contributed by atoms with Crippen molar-refractivity contribution >= 4 is 26.6 Å². The Morgan fingerprint density at radius 3 is 2.74 bits per heavy atom. The predicted molar refractivity (Wildman–Crippen MR) is 120 cm³/mol. The summed E-state index contributed by atoms with van der Waals surface area (Å²) < 4.78 is 37.5. The van der Waals surface area contributed by atoms with Gasteiger partial charge in [0.2, 0.25) is 15.9 Å². The van der Waals surface area contributed by atoms with E-state index in [4.69, 9.17) is 9.47 Å². The van der Waals surface area contributed by atoms with Crippen LogP contribution in [0.2, 0.25) is 0 Å². The molecule has 4 N–H and O–H groups in total. The van der Waals surface area contributed by atoms with Gasteiger partial charge >= 0.3 is 0 Å². The Hall–Kier alpha value is -2.82. The number of nitrogens with one attached hydrogen (secondary N) is 3. The maximum Gasteiger partial charge on any atom is 0.240 e. The van der Waals surface area contributed by atoms with E-state index >= 15 is 0 Å². The van der Waals surface area contributed by atoms with E-state index in [-0.39, 0.29) is 0 Å². The molecule has 168 valence electrons. The SMILES string of the molecule is COc1n[nH]c2cc(OCCNC[C@H](O)c3cccc(NS(=O)(=O)C(C)C)c3)ccc12. The molecule has 0 bridgehead atoms. The minimum absolute atomic E-state index is 0.306. The molecule has 3 aromatic rings. The zero-order chi connectivity index (χ0) is 22.4. The van der Waals surface area contributed by atoms with Gasteiger partial charge in [-0.15, -0.1) is 5.10 Å². The van der Waals surface area contributed by atoms with E-state index in [0.29, 0.717) is 42.6 Å². The van der Waals surface area contributed by atoms with Crippen molar-refractivity contribution in [3.8, 4) is 11.6 Å². The van der Waals surface area contributed by atoms with Crippen LogP contribution in [0.4, 0.5) is 5.69 Å². The Balaban J connectivity index is 1.46. The normalized spacial score (nSPS) is 12.8. The van der Waals surface area contributed by atoms with Crippen LogP contribution in [0.1, 0.15) is 25.5 Å². The highest BCUT2D eigenvalue weighted by Crippen LogP contribution is 2.26. The van der Waals surface area contributed by atoms with E-state index in [2.05, 4.69) is 20.2 Å². The van der Waals surface area contributed by atoms with E-state index < -0.39 is 21.4 Å². The molecule has 0 saturated heterocycles. The summed E-state index contributed by atoms with van der Waals surface area (Å²) in [6.45, 7) is 4.47. The molecule has 0 spiro atoms. The topological polar surface area (TPSA) is 126 Å². The largest absolute Gasteiger partial charge is 0.492 e. The van der Waals surface area contributed by atoms with Gasteiger partial charge in [-0.2, -0.15) is 0 Å². The third-order valence-electron chi connectivity index (χ3n) is 4.73. The third kappa shape index (κ3) is 5.87. The lowest BCUT2D eigenvalue weighted by Gasteiger charge is -2.15. The van der Waals surface area contributed by atoms with Crippen LogP contribution in [-0.2, 0) is 10.0 Å². The molecule has 0 aliphatic heterocycles. The molecule has 0 aliphatic carbocycles. The van der Waals surface area contributed by atoms with Crippen LogP contribution in [0.15, 0.2) is 42.5 Å². The monoisotopic (exact) mass is 448 g/mol. The van der Waals surface area contributed by atoms with Gasteiger partial charge in [-0.1, -0.05) is 12.1 Å². The van der Waals surface area contributed by atoms with Crippen LogP contribution in [-0.4, -0.2) is 55.8 Å². The third-order valence-corrected chi connectivity index (χ3v) is 6.49. The number of hydrogen-bond donors (Lipinski definition) is 4. The van der Waals surface area contributed by atoms with Crippen molar-refractivity contribution in [2.45, 2.75) is 25.2 Å². The zero-order valence-corrected chi connectivity index (χ0v) is 18.6. The first-order chi connectivity index (χ1) is 14.8. The van der Waals surface area contributed by atoms with Crippen LogP contribution in [0.3, 0.4) is 0 Å². The summed E-state index contributed by atoms with van der Waals surface area (Å²) in [6.07, 6.45) is -0.780. The van der Waals surface area contributed by atoms with E-state index in [9.17, 15) is 13.5 Å². The second-order valence-corrected chi connectivity index (χ2v) is 9.57. The number of aromatic amines is 1. The highest BCUT2D eigenvalue weighted by molar-refractivity contribution is 7.93. The van der Waals surface area contributed by atoms with Crippen molar-refractivity contribution in [3.63, 3.8) is 0 Å². The molecule has 1 heterocycles. The molecule has 31 heavy (non-hydrogen) atoms. The lowest BCUT2D eigenvalue weighted by Crippen LogP contribution is -2.26. The van der Waals surface area contributed by atoms with Crippen molar-refractivity contribution in [3.05, 3.63) is 48.0 Å². The number of hydrogen-bond acceptors (Lipinski definition) is 7. The molecule has 2 aromatic carbocycles. The highest BCUT2D eigenvalue weighted by Gasteiger charge is 2.16. The van der Waals surface area contributed by atoms with Gasteiger partial charge in [0.25, 0.3) is 0 Å². The van der Waals surface area contributed by atoms with Gasteiger partial charge in [-0.3, -0.25) is 9.82 Å². The highest BCUT2D eigenvalue weighted by atomic mass is 32.2. The van der Waals surface area contributed by atoms with Crippen molar-refractivity contribution in [2.75, 3.05) is 31.5 Å². The summed E-state index contributed by atoms with van der Waals surface area (Å²) >= 11 is 0. The number of benzene rings is 2. The van der Waals surface area contributed by atoms with Crippen LogP contribution in [0.25, 0.3) is 10.9 Å². The summed E-state index contributed by atoms with van der Waals surface area (Å²) in [5, 5.41) is 20.8. The molecule has 0 aliphatic rings. The average Bonchev–Trinajstić information content (AvgIpc) is 3.15. The van der Waals surface area contributed by atoms with Crippen molar-refractivity contribution in [2.24, 2.45) is 0 Å². The van der Waals surface area contributed by atoms with Crippen molar-refractivity contribution in [1.29, 1.82) is 0 Å². The molecule has 1 aromatic heterocycles. The summed E-state index contributed by atoms with van der Waals surface area (Å²) in [5.41, 5.74) is 1.88. The molecule has 3 rings (SSSR count). The fourth-order valence-corrected chi connectivity index (χ4v) is 3.60. The first kappa shape index (κ1) is 22.9. The molecular weight excluding hydrogens is 420 g/mol. The van der Waals surface area contributed by atoms with Gasteiger partial charge in [0, 0.05) is 24.8 Å². The molecular formula is C21H28N4O5S. The van der Waals surface area contributed by atoms with Gasteiger partial charge < -0.3 is 19.9 Å². The first-order valence-corrected chi connectivity index (χ1v) is 11.5. The molecule has 0 fully saturated rings. The maximum atomic E-state index is 12.0. The lowest BCUT2D eigenvalue weighted by molar-refractivity contribution is 0.172. The van der Waals surface area contributed by atoms with E-state index in [1.165, 1.54) is 0 Å². The minimum Gasteiger partial charge on any atom is -0.492 e. The Morgan fingerprint density at radius 2 is 2.00 bits per heavy atom. The fraction of sp³-hybridized carbons (Fsp3) is 0.381. The van der Waals surface area contributed by atoms with Gasteiger partial charge in [0.1, 0.15) is 12.4 Å². The van der Waals surface area contributed by atoms with Crippen molar-refractivity contribution in [1.82, 2.24) is 15.5 Å². The molecule has 10 heteroatoms. The molecule has 0 saturated carbocycles. The number of ether oxygens (including phenoxy) is 2. The Bertz CT molecular complexity index is 1110. The van der Waals surface area contributed by atoms with Gasteiger partial charge in [-0.05, 0) is 43.7 Å². The average molecular weight is 449 g/mol. The number of sulfonamides is 1. The van der Waals surface area contributed by atoms with Crippen LogP contribution >= 0.6 is 0 Å². The molecule has 0 amide bonds. The Kier molecular flexibility index (Phi) is 7.37. The number of H-pyrrole nitrogens is 1. The fourth-order valence-electron chi connectivity index (χ4n) is 2.91. The summed E-state index contributed by atoms with van der Waals surface area (Å²) in [6, 6.07) is 12.3. The van der Waals surface area contributed by atoms with E-state index in [1.54, 1.807) is 45.2 Å². The van der Waals surface area contributed by atoms with Gasteiger partial charge in [0.05, 0.1) is 29.4 Å². The molecule has 1 atom stereocenters. The first-order valence-electron chi connectivity index (χ1n) is 9.95. The van der Waals surface area contributed by atoms with Crippen molar-refractivity contribution < 1.29 is 23.0 Å². The molecule has 0 radical (unpaired) electrons. The van der Waals surface area contributed by atoms with E-state index in [0.717, 1.165) is 10.9 Å². The standard InChI is InChI=1S/C21H28N4O5S/c1-14(2)31(27,28)25-16-6-4-5-15(11-16)20(26)13-22-9-10-30-17-7-8-18-19(12-17)23-24-21(18)29-3/h4-8,11-12,14,20,22,25-26H,9-10,13H2,1-3H3,(H,23,24)/t20-/m0/s1. The predicted octanol–water partition coefficient (Wildman–Crippen LogP) is 2.42. The number of methoxy groups -OCH3 is 1. The smallest absolute Gasteiger partial charge is 0.240 e. The minimum atomic E-state index is -3.44. The maximum absolute atomic E-state index is 12.0. The summed E-state index contributed by atoms with van der Waals surface area (Å²) in [7, 11) is -1.87. The van der Waals surface area contributed by atoms with Gasteiger partial charge in [-0.25, -0.2) is 8.42 Å². The molecule has 9 nitrogen and oxygen atoms in total. The number of aromatic nitrogens is 2. The number of aliphatic hydroxyl groups is 1. The molecule has 0 unspecified atom stereocenters. The number of fused-ring (bicyclic) bond motifs is 1. The summed E-state index contributed by atoms with van der Waals surface area (Å²) in [4.78, 5) is 0. The second-order valence-electron chi connectivity index (χ2n) is 7.33.